The van der Waals surface area contributed by atoms with E-state index in [9.17, 15) is 0 Å². The molecular formula is C10H17BrN4. The molecule has 0 fully saturated rings. The predicted molar refractivity (Wildman–Crippen MR) is 66.0 cm³/mol. The molecule has 84 valence electrons. The number of halogens is 1. The normalized spacial score (nSPS) is 12.9. The Morgan fingerprint density at radius 3 is 2.53 bits per heavy atom. The van der Waals surface area contributed by atoms with Crippen LogP contribution in [0.5, 0.6) is 0 Å². The van der Waals surface area contributed by atoms with Crippen LogP contribution in [0.2, 0.25) is 0 Å². The third-order valence-electron chi connectivity index (χ3n) is 2.01. The van der Waals surface area contributed by atoms with E-state index in [0.717, 1.165) is 17.4 Å². The van der Waals surface area contributed by atoms with Crippen molar-refractivity contribution in [2.45, 2.75) is 19.4 Å². The van der Waals surface area contributed by atoms with E-state index in [1.54, 1.807) is 12.4 Å². The quantitative estimate of drug-likeness (QED) is 0.890. The summed E-state index contributed by atoms with van der Waals surface area (Å²) in [5, 5.41) is 3.25. The van der Waals surface area contributed by atoms with Gasteiger partial charge >= 0.3 is 0 Å². The van der Waals surface area contributed by atoms with Gasteiger partial charge < -0.3 is 10.2 Å². The average molecular weight is 273 g/mol. The number of aromatic nitrogens is 2. The fourth-order valence-electron chi connectivity index (χ4n) is 1.13. The number of rotatable bonds is 5. The lowest BCUT2D eigenvalue weighted by Crippen LogP contribution is -2.23. The molecule has 1 atom stereocenters. The summed E-state index contributed by atoms with van der Waals surface area (Å²) >= 11 is 3.30. The first-order valence-electron chi connectivity index (χ1n) is 4.96. The van der Waals surface area contributed by atoms with E-state index in [4.69, 9.17) is 0 Å². The van der Waals surface area contributed by atoms with Crippen LogP contribution in [0.15, 0.2) is 16.9 Å². The lowest BCUT2D eigenvalue weighted by atomic mass is 10.2. The second kappa shape index (κ2) is 6.02. The molecule has 0 amide bonds. The molecule has 15 heavy (non-hydrogen) atoms. The van der Waals surface area contributed by atoms with Crippen molar-refractivity contribution in [1.29, 1.82) is 0 Å². The molecule has 5 heteroatoms. The molecular weight excluding hydrogens is 256 g/mol. The summed E-state index contributed by atoms with van der Waals surface area (Å²) in [6.07, 6.45) is 4.56. The van der Waals surface area contributed by atoms with Crippen LogP contribution in [0.25, 0.3) is 0 Å². The minimum absolute atomic E-state index is 0.383. The van der Waals surface area contributed by atoms with Gasteiger partial charge in [0.1, 0.15) is 0 Å². The minimum Gasteiger partial charge on any atom is -0.352 e. The monoisotopic (exact) mass is 272 g/mol. The molecule has 0 bridgehead atoms. The molecule has 0 saturated carbocycles. The highest BCUT2D eigenvalue weighted by atomic mass is 79.9. The Hall–Kier alpha value is -0.680. The minimum atomic E-state index is 0.383. The number of nitrogens with zero attached hydrogens (tertiary/aromatic N) is 3. The van der Waals surface area contributed by atoms with E-state index in [2.05, 4.69) is 57.1 Å². The van der Waals surface area contributed by atoms with Crippen molar-refractivity contribution in [3.63, 3.8) is 0 Å². The molecule has 0 spiro atoms. The third-order valence-corrected chi connectivity index (χ3v) is 2.41. The number of hydrogen-bond donors (Lipinski definition) is 1. The van der Waals surface area contributed by atoms with Gasteiger partial charge in [-0.15, -0.1) is 0 Å². The van der Waals surface area contributed by atoms with E-state index in [1.165, 1.54) is 0 Å². The van der Waals surface area contributed by atoms with Crippen molar-refractivity contribution in [3.05, 3.63) is 16.9 Å². The zero-order valence-electron chi connectivity index (χ0n) is 9.37. The Morgan fingerprint density at radius 1 is 1.40 bits per heavy atom. The van der Waals surface area contributed by atoms with Crippen LogP contribution in [0.1, 0.15) is 13.3 Å². The van der Waals surface area contributed by atoms with Gasteiger partial charge in [0.25, 0.3) is 0 Å². The van der Waals surface area contributed by atoms with Crippen LogP contribution in [-0.2, 0) is 0 Å². The van der Waals surface area contributed by atoms with E-state index in [0.29, 0.717) is 12.0 Å². The molecule has 4 nitrogen and oxygen atoms in total. The predicted octanol–water partition coefficient (Wildman–Crippen LogP) is 1.99. The summed E-state index contributed by atoms with van der Waals surface area (Å²) in [6.45, 7) is 3.19. The molecule has 1 heterocycles. The third kappa shape index (κ3) is 5.09. The summed E-state index contributed by atoms with van der Waals surface area (Å²) < 4.78 is 0.897. The number of hydrogen-bond acceptors (Lipinski definition) is 4. The van der Waals surface area contributed by atoms with E-state index in [1.807, 2.05) is 0 Å². The Labute approximate surface area is 99.2 Å². The molecule has 1 unspecified atom stereocenters. The number of anilines is 1. The summed E-state index contributed by atoms with van der Waals surface area (Å²) in [4.78, 5) is 10.5. The molecule has 1 aromatic heterocycles. The van der Waals surface area contributed by atoms with Gasteiger partial charge in [0, 0.05) is 18.4 Å². The molecule has 1 N–H and O–H groups in total. The van der Waals surface area contributed by atoms with E-state index >= 15 is 0 Å². The summed E-state index contributed by atoms with van der Waals surface area (Å²) in [5.74, 6) is 0.685. The molecule has 1 aromatic rings. The fourth-order valence-corrected chi connectivity index (χ4v) is 1.34. The number of nitrogens with one attached hydrogen (secondary N) is 1. The maximum absolute atomic E-state index is 4.16. The highest BCUT2D eigenvalue weighted by molar-refractivity contribution is 9.10. The highest BCUT2D eigenvalue weighted by Gasteiger charge is 2.04. The second-order valence-electron chi connectivity index (χ2n) is 3.86. The van der Waals surface area contributed by atoms with Crippen molar-refractivity contribution in [2.24, 2.45) is 0 Å². The average Bonchev–Trinajstić information content (AvgIpc) is 2.19. The zero-order chi connectivity index (χ0) is 11.3. The lowest BCUT2D eigenvalue weighted by Gasteiger charge is -2.16. The van der Waals surface area contributed by atoms with E-state index in [-0.39, 0.29) is 0 Å². The van der Waals surface area contributed by atoms with Gasteiger partial charge in [0.05, 0.1) is 4.47 Å². The molecule has 0 aliphatic carbocycles. The van der Waals surface area contributed by atoms with Crippen LogP contribution in [0.4, 0.5) is 5.95 Å². The van der Waals surface area contributed by atoms with Gasteiger partial charge in [-0.2, -0.15) is 0 Å². The van der Waals surface area contributed by atoms with Crippen molar-refractivity contribution >= 4 is 21.9 Å². The molecule has 1 rings (SSSR count). The first-order valence-corrected chi connectivity index (χ1v) is 5.76. The topological polar surface area (TPSA) is 41.0 Å². The summed E-state index contributed by atoms with van der Waals surface area (Å²) in [5.41, 5.74) is 0. The Bertz CT molecular complexity index is 286. The Balaban J connectivity index is 2.37. The highest BCUT2D eigenvalue weighted by Crippen LogP contribution is 2.08. The SMILES string of the molecule is CC(CCN(C)C)Nc1ncc(Br)cn1. The van der Waals surface area contributed by atoms with Crippen LogP contribution < -0.4 is 5.32 Å². The lowest BCUT2D eigenvalue weighted by molar-refractivity contribution is 0.390. The Kier molecular flexibility index (Phi) is 4.98. The van der Waals surface area contributed by atoms with Gasteiger partial charge in [-0.05, 0) is 49.9 Å². The van der Waals surface area contributed by atoms with Crippen LogP contribution in [-0.4, -0.2) is 41.5 Å². The maximum Gasteiger partial charge on any atom is 0.222 e. The molecule has 0 aliphatic rings. The first kappa shape index (κ1) is 12.4. The first-order chi connectivity index (χ1) is 7.08. The van der Waals surface area contributed by atoms with Gasteiger partial charge in [0.15, 0.2) is 0 Å². The van der Waals surface area contributed by atoms with Gasteiger partial charge in [-0.1, -0.05) is 0 Å². The molecule has 0 aromatic carbocycles. The van der Waals surface area contributed by atoms with Crippen molar-refractivity contribution in [2.75, 3.05) is 26.0 Å². The fraction of sp³-hybridized carbons (Fsp3) is 0.600. The van der Waals surface area contributed by atoms with Crippen molar-refractivity contribution in [1.82, 2.24) is 14.9 Å². The smallest absolute Gasteiger partial charge is 0.222 e. The largest absolute Gasteiger partial charge is 0.352 e. The molecule has 0 aliphatic heterocycles. The van der Waals surface area contributed by atoms with Crippen LogP contribution >= 0.6 is 15.9 Å². The van der Waals surface area contributed by atoms with Crippen molar-refractivity contribution in [3.8, 4) is 0 Å². The Morgan fingerprint density at radius 2 is 2.00 bits per heavy atom. The van der Waals surface area contributed by atoms with Crippen molar-refractivity contribution < 1.29 is 0 Å². The van der Waals surface area contributed by atoms with E-state index < -0.39 is 0 Å². The van der Waals surface area contributed by atoms with Gasteiger partial charge in [-0.25, -0.2) is 9.97 Å². The molecule has 0 saturated heterocycles. The summed E-state index contributed by atoms with van der Waals surface area (Å²) in [6, 6.07) is 0.383. The van der Waals surface area contributed by atoms with Gasteiger partial charge in [0.2, 0.25) is 5.95 Å². The van der Waals surface area contributed by atoms with Gasteiger partial charge in [-0.3, -0.25) is 0 Å². The summed E-state index contributed by atoms with van der Waals surface area (Å²) in [7, 11) is 4.14. The second-order valence-corrected chi connectivity index (χ2v) is 4.78. The van der Waals surface area contributed by atoms with Crippen LogP contribution in [0, 0.1) is 0 Å². The standard InChI is InChI=1S/C10H17BrN4/c1-8(4-5-15(2)3)14-10-12-6-9(11)7-13-10/h6-8H,4-5H2,1-3H3,(H,12,13,14). The van der Waals surface area contributed by atoms with Crippen LogP contribution in [0.3, 0.4) is 0 Å². The maximum atomic E-state index is 4.16. The zero-order valence-corrected chi connectivity index (χ0v) is 11.0. The molecule has 0 radical (unpaired) electrons.